The standard InChI is InChI=1S/4C22H33N5O2/c1-6-8-9-17(7-2)15-23-22(29)24-18-11-10-16(3)19(14-18)25-20(28)21-26(4)12-13-27(21)5;1-6-8-9-17(7-2)15-23-22(29)25-19-14-18(11-10-16(19)3)24-20(28)21-26(4)12-13-27(21)5;1-6-8-12-27(13-9-7-2)22(29)23-18-11-10-17(3)19(16-18)24-20(28)21-25(4)14-15-26(21)5;1-6-8-12-27(13-9-7-2)22(29)24-19-16-18(11-10-17(19)3)23-20(28)21-25(4)14-15-26(21)5/h2*10-14,17H,6-9,15H2,1-5H3,(H2-,23,24,25,28,29);2*10-11,14-16H,6-9,12-13H2,1-5H3,(H-,23,24,28,29). The summed E-state index contributed by atoms with van der Waals surface area (Å²) in [5.41, 5.74) is 8.29. The molecule has 0 bridgehead atoms. The second-order valence-corrected chi connectivity index (χ2v) is 29.8. The van der Waals surface area contributed by atoms with E-state index in [1.165, 1.54) is 12.8 Å². The van der Waals surface area contributed by atoms with Gasteiger partial charge in [-0.2, -0.15) is 0 Å². The molecule has 2 unspecified atom stereocenters. The Morgan fingerprint density at radius 2 is 0.690 bits per heavy atom. The molecule has 2 atom stereocenters. The molecule has 4 heterocycles. The predicted octanol–water partition coefficient (Wildman–Crippen LogP) is 11.9. The molecule has 0 saturated heterocycles. The number of amides is 8. The number of aromatic nitrogens is 8. The van der Waals surface area contributed by atoms with Crippen molar-refractivity contribution in [1.29, 1.82) is 0 Å². The van der Waals surface area contributed by atoms with Crippen molar-refractivity contribution in [1.82, 2.24) is 38.7 Å². The third kappa shape index (κ3) is 30.5. The summed E-state index contributed by atoms with van der Waals surface area (Å²) in [5, 5.41) is 67.9. The highest BCUT2D eigenvalue weighted by molar-refractivity contribution is 5.95. The van der Waals surface area contributed by atoms with Gasteiger partial charge in [-0.05, 0) is 149 Å². The Morgan fingerprint density at radius 1 is 0.388 bits per heavy atom. The number of nitrogens with one attached hydrogen (secondary N) is 6. The number of carbonyl (C=O) groups excluding carboxylic acids is 4. The van der Waals surface area contributed by atoms with Crippen LogP contribution in [0.3, 0.4) is 0 Å². The highest BCUT2D eigenvalue weighted by Crippen LogP contribution is 2.28. The second-order valence-electron chi connectivity index (χ2n) is 29.8. The summed E-state index contributed by atoms with van der Waals surface area (Å²) < 4.78 is 13.9. The van der Waals surface area contributed by atoms with Crippen molar-refractivity contribution in [2.45, 2.75) is 186 Å². The first-order valence-corrected chi connectivity index (χ1v) is 41.2. The van der Waals surface area contributed by atoms with E-state index in [-0.39, 0.29) is 47.7 Å². The molecule has 0 aliphatic heterocycles. The molecule has 0 radical (unpaired) electrons. The number of unbranched alkanes of at least 4 members (excludes halogenated alkanes) is 6. The van der Waals surface area contributed by atoms with E-state index in [4.69, 9.17) is 0 Å². The number of hydrogen-bond acceptors (Lipinski definition) is 12. The van der Waals surface area contributed by atoms with Gasteiger partial charge in [0.2, 0.25) is 0 Å². The summed E-state index contributed by atoms with van der Waals surface area (Å²) in [7, 11) is 14.5. The third-order valence-electron chi connectivity index (χ3n) is 20.1. The van der Waals surface area contributed by atoms with Gasteiger partial charge < -0.3 is 62.1 Å². The molecule has 8 amide bonds. The SMILES string of the molecule is CCCCC(CC)CNC(=O)Nc1cc(N=C([O-])c2n(C)cc[n+]2C)ccc1C.CCCCC(CC)CNC(=O)Nc1ccc(C)c(N=C([O-])c2n(C)cc[n+]2C)c1.CCCCN(CCCC)C(=O)Nc1cc(N=C([O-])c2n(C)cc[n+]2C)ccc1C.CCCCN(CCCC)C(=O)Nc1ccc(C)c(N=C([O-])c2n(C)cc[n+]2C)c1. The molecular formula is C88H132N20O8. The van der Waals surface area contributed by atoms with Gasteiger partial charge in [0.05, 0.1) is 103 Å². The van der Waals surface area contributed by atoms with Gasteiger partial charge >= 0.3 is 24.1 Å². The van der Waals surface area contributed by atoms with Crippen molar-refractivity contribution in [3.05, 3.63) is 168 Å². The molecule has 4 aromatic carbocycles. The zero-order valence-electron chi connectivity index (χ0n) is 72.8. The van der Waals surface area contributed by atoms with Gasteiger partial charge in [0.25, 0.3) is 23.3 Å². The average molecular weight is 1600 g/mol. The van der Waals surface area contributed by atoms with Crippen LogP contribution in [0.25, 0.3) is 0 Å². The molecule has 0 spiro atoms. The monoisotopic (exact) mass is 1600 g/mol. The molecular weight excluding hydrogens is 1470 g/mol. The van der Waals surface area contributed by atoms with E-state index in [0.29, 0.717) is 93.7 Å². The highest BCUT2D eigenvalue weighted by Gasteiger charge is 2.21. The molecule has 0 aliphatic carbocycles. The number of carbonyl (C=O) groups is 4. The molecule has 0 saturated carbocycles. The lowest BCUT2D eigenvalue weighted by Crippen LogP contribution is -2.39. The van der Waals surface area contributed by atoms with Crippen LogP contribution in [-0.2, 0) is 56.4 Å². The average Bonchev–Trinajstić information content (AvgIpc) is 1.56. The van der Waals surface area contributed by atoms with Gasteiger partial charge in [-0.25, -0.2) is 55.7 Å². The quantitative estimate of drug-likeness (QED) is 0.0124. The van der Waals surface area contributed by atoms with E-state index in [1.54, 1.807) is 99.4 Å². The maximum atomic E-state index is 12.8. The van der Waals surface area contributed by atoms with Crippen molar-refractivity contribution in [3.8, 4) is 0 Å². The maximum absolute atomic E-state index is 12.8. The van der Waals surface area contributed by atoms with E-state index < -0.39 is 0 Å². The van der Waals surface area contributed by atoms with Gasteiger partial charge in [-0.15, -0.1) is 0 Å². The van der Waals surface area contributed by atoms with Crippen molar-refractivity contribution in [2.24, 2.45) is 88.2 Å². The lowest BCUT2D eigenvalue weighted by atomic mass is 9.99. The van der Waals surface area contributed by atoms with E-state index in [2.05, 4.69) is 107 Å². The zero-order chi connectivity index (χ0) is 85.6. The molecule has 4 aromatic heterocycles. The van der Waals surface area contributed by atoms with Crippen molar-refractivity contribution >= 4 is 93.2 Å². The Morgan fingerprint density at radius 3 is 1.01 bits per heavy atom. The van der Waals surface area contributed by atoms with E-state index in [9.17, 15) is 39.6 Å². The lowest BCUT2D eigenvalue weighted by molar-refractivity contribution is -0.674. The first-order valence-electron chi connectivity index (χ1n) is 41.2. The maximum Gasteiger partial charge on any atom is 0.321 e. The fraction of sp³-hybridized carbons (Fsp3) is 0.500. The normalized spacial score (nSPS) is 12.1. The Kier molecular flexibility index (Phi) is 40.6. The summed E-state index contributed by atoms with van der Waals surface area (Å²) >= 11 is 0. The van der Waals surface area contributed by atoms with Crippen LogP contribution in [0.4, 0.5) is 64.7 Å². The largest absolute Gasteiger partial charge is 0.853 e. The summed E-state index contributed by atoms with van der Waals surface area (Å²) in [5.74, 6) is 1.62. The highest BCUT2D eigenvalue weighted by atomic mass is 16.3. The Labute approximate surface area is 688 Å². The van der Waals surface area contributed by atoms with Crippen LogP contribution in [0, 0.1) is 39.5 Å². The van der Waals surface area contributed by atoms with E-state index >= 15 is 0 Å². The summed E-state index contributed by atoms with van der Waals surface area (Å²) in [6.07, 6.45) is 31.6. The second kappa shape index (κ2) is 49.4. The number of urea groups is 4. The molecule has 28 nitrogen and oxygen atoms in total. The van der Waals surface area contributed by atoms with Crippen molar-refractivity contribution < 1.29 is 57.9 Å². The van der Waals surface area contributed by atoms with Crippen LogP contribution < -0.4 is 70.6 Å². The van der Waals surface area contributed by atoms with E-state index in [0.717, 1.165) is 138 Å². The molecule has 632 valence electrons. The zero-order valence-corrected chi connectivity index (χ0v) is 72.8. The van der Waals surface area contributed by atoms with Crippen LogP contribution >= 0.6 is 0 Å². The summed E-state index contributed by atoms with van der Waals surface area (Å²) in [6, 6.07) is 20.9. The minimum atomic E-state index is -0.332. The van der Waals surface area contributed by atoms with Gasteiger partial charge in [-0.1, -0.05) is 144 Å². The number of aryl methyl sites for hydroxylation is 12. The Bertz CT molecular complexity index is 4470. The van der Waals surface area contributed by atoms with Gasteiger partial charge in [0, 0.05) is 62.0 Å². The van der Waals surface area contributed by atoms with E-state index in [1.807, 2.05) is 153 Å². The third-order valence-corrected chi connectivity index (χ3v) is 20.1. The topological polar surface area (TPSA) is 324 Å². The molecule has 8 aromatic rings. The van der Waals surface area contributed by atoms with Gasteiger partial charge in [0.15, 0.2) is 0 Å². The van der Waals surface area contributed by atoms with Crippen molar-refractivity contribution in [2.75, 3.05) is 60.5 Å². The minimum Gasteiger partial charge on any atom is -0.853 e. The smallest absolute Gasteiger partial charge is 0.321 e. The van der Waals surface area contributed by atoms with Gasteiger partial charge in [0.1, 0.15) is 49.6 Å². The Hall–Kier alpha value is -11.3. The lowest BCUT2D eigenvalue weighted by Gasteiger charge is -2.23. The molecule has 28 heteroatoms. The number of anilines is 4. The van der Waals surface area contributed by atoms with Crippen LogP contribution in [0.2, 0.25) is 0 Å². The number of rotatable bonds is 36. The van der Waals surface area contributed by atoms with Crippen LogP contribution in [0.5, 0.6) is 0 Å². The van der Waals surface area contributed by atoms with Crippen LogP contribution in [0.15, 0.2) is 142 Å². The van der Waals surface area contributed by atoms with Crippen molar-refractivity contribution in [3.63, 3.8) is 0 Å². The number of aliphatic imine (C=N–C) groups is 4. The molecule has 8 rings (SSSR count). The first kappa shape index (κ1) is 95.3. The number of benzene rings is 4. The van der Waals surface area contributed by atoms with Gasteiger partial charge in [-0.3, -0.25) is 20.0 Å². The molecule has 0 fully saturated rings. The van der Waals surface area contributed by atoms with Crippen LogP contribution in [-0.4, -0.2) is 115 Å². The summed E-state index contributed by atoms with van der Waals surface area (Å²) in [6.45, 7) is 29.1. The Balaban J connectivity index is 0.000000276. The molecule has 116 heavy (non-hydrogen) atoms. The minimum absolute atomic E-state index is 0.104. The number of nitrogens with zero attached hydrogens (tertiary/aromatic N) is 14. The van der Waals surface area contributed by atoms with Crippen LogP contribution in [0.1, 0.15) is 204 Å². The summed E-state index contributed by atoms with van der Waals surface area (Å²) in [4.78, 5) is 70.9. The fourth-order valence-electron chi connectivity index (χ4n) is 12.6. The molecule has 0 aliphatic rings. The molecule has 6 N–H and O–H groups in total. The number of hydrogen-bond donors (Lipinski definition) is 6. The first-order chi connectivity index (χ1) is 55.4. The predicted molar refractivity (Wildman–Crippen MR) is 457 cm³/mol. The fourth-order valence-corrected chi connectivity index (χ4v) is 12.6. The number of imidazole rings is 4.